The molecular formula is C10H18N6O. The third kappa shape index (κ3) is 3.56. The zero-order chi connectivity index (χ0) is 12.8. The Kier molecular flexibility index (Phi) is 4.65. The minimum absolute atomic E-state index is 0.0460. The van der Waals surface area contributed by atoms with Gasteiger partial charge in [0.2, 0.25) is 11.9 Å². The molecule has 0 spiro atoms. The van der Waals surface area contributed by atoms with Crippen LogP contribution in [0.5, 0.6) is 0 Å². The summed E-state index contributed by atoms with van der Waals surface area (Å²) in [7, 11) is 1.80. The van der Waals surface area contributed by atoms with E-state index in [-0.39, 0.29) is 12.5 Å². The van der Waals surface area contributed by atoms with Gasteiger partial charge in [-0.2, -0.15) is 4.98 Å². The Balaban J connectivity index is 2.80. The molecule has 0 aliphatic carbocycles. The van der Waals surface area contributed by atoms with E-state index in [0.29, 0.717) is 18.3 Å². The van der Waals surface area contributed by atoms with Crippen molar-refractivity contribution in [1.29, 1.82) is 0 Å². The smallest absolute Gasteiger partial charge is 0.239 e. The number of nitrogens with two attached hydrogens (primary N) is 1. The van der Waals surface area contributed by atoms with Gasteiger partial charge in [-0.15, -0.1) is 0 Å². The predicted octanol–water partition coefficient (Wildman–Crippen LogP) is -0.357. The van der Waals surface area contributed by atoms with Crippen LogP contribution in [0, 0.1) is 6.92 Å². The van der Waals surface area contributed by atoms with Gasteiger partial charge < -0.3 is 10.2 Å². The molecule has 4 N–H and O–H groups in total. The zero-order valence-corrected chi connectivity index (χ0v) is 10.3. The first-order valence-electron chi connectivity index (χ1n) is 5.36. The lowest BCUT2D eigenvalue weighted by molar-refractivity contribution is -0.119. The summed E-state index contributed by atoms with van der Waals surface area (Å²) in [5.41, 5.74) is 3.26. The van der Waals surface area contributed by atoms with Gasteiger partial charge in [-0.05, 0) is 13.8 Å². The van der Waals surface area contributed by atoms with E-state index in [9.17, 15) is 4.79 Å². The van der Waals surface area contributed by atoms with Crippen LogP contribution in [0.1, 0.15) is 12.5 Å². The molecule has 0 aromatic carbocycles. The van der Waals surface area contributed by atoms with Crippen LogP contribution in [0.25, 0.3) is 0 Å². The summed E-state index contributed by atoms with van der Waals surface area (Å²) < 4.78 is 0. The Hall–Kier alpha value is -1.89. The second-order valence-electron chi connectivity index (χ2n) is 3.65. The highest BCUT2D eigenvalue weighted by atomic mass is 16.2. The minimum Gasteiger partial charge on any atom is -0.355 e. The van der Waals surface area contributed by atoms with Crippen LogP contribution in [0.15, 0.2) is 6.20 Å². The second-order valence-corrected chi connectivity index (χ2v) is 3.65. The Morgan fingerprint density at radius 1 is 1.59 bits per heavy atom. The first kappa shape index (κ1) is 13.2. The summed E-state index contributed by atoms with van der Waals surface area (Å²) in [4.78, 5) is 21.4. The van der Waals surface area contributed by atoms with Crippen molar-refractivity contribution in [2.24, 2.45) is 5.84 Å². The van der Waals surface area contributed by atoms with Crippen molar-refractivity contribution in [3.63, 3.8) is 0 Å². The summed E-state index contributed by atoms with van der Waals surface area (Å²) in [5.74, 6) is 6.21. The number of hydrogen-bond donors (Lipinski definition) is 3. The molecule has 0 atom stereocenters. The van der Waals surface area contributed by atoms with Crippen molar-refractivity contribution < 1.29 is 4.79 Å². The van der Waals surface area contributed by atoms with Crippen molar-refractivity contribution in [2.45, 2.75) is 13.8 Å². The van der Waals surface area contributed by atoms with E-state index in [0.717, 1.165) is 5.56 Å². The molecule has 0 bridgehead atoms. The summed E-state index contributed by atoms with van der Waals surface area (Å²) in [6.45, 7) is 4.62. The lowest BCUT2D eigenvalue weighted by atomic mass is 10.3. The molecule has 94 valence electrons. The molecule has 0 radical (unpaired) electrons. The fourth-order valence-corrected chi connectivity index (χ4v) is 1.43. The highest BCUT2D eigenvalue weighted by molar-refractivity contribution is 5.81. The third-order valence-electron chi connectivity index (χ3n) is 2.19. The second kappa shape index (κ2) is 6.00. The van der Waals surface area contributed by atoms with Crippen molar-refractivity contribution >= 4 is 17.7 Å². The Morgan fingerprint density at radius 2 is 2.29 bits per heavy atom. The van der Waals surface area contributed by atoms with Gasteiger partial charge in [0, 0.05) is 25.4 Å². The summed E-state index contributed by atoms with van der Waals surface area (Å²) >= 11 is 0. The van der Waals surface area contributed by atoms with E-state index in [2.05, 4.69) is 20.7 Å². The quantitative estimate of drug-likeness (QED) is 0.479. The van der Waals surface area contributed by atoms with Gasteiger partial charge in [0.05, 0.1) is 6.54 Å². The van der Waals surface area contributed by atoms with Gasteiger partial charge in [0.15, 0.2) is 0 Å². The molecule has 1 aromatic rings. The molecule has 0 aliphatic heterocycles. The maximum absolute atomic E-state index is 11.5. The van der Waals surface area contributed by atoms with Crippen molar-refractivity contribution in [3.05, 3.63) is 11.8 Å². The number of carbonyl (C=O) groups is 1. The number of anilines is 2. The molecule has 0 saturated carbocycles. The number of hydrazine groups is 1. The monoisotopic (exact) mass is 238 g/mol. The van der Waals surface area contributed by atoms with Crippen molar-refractivity contribution in [2.75, 3.05) is 30.5 Å². The van der Waals surface area contributed by atoms with E-state index >= 15 is 0 Å². The van der Waals surface area contributed by atoms with Crippen LogP contribution in [0.3, 0.4) is 0 Å². The molecule has 1 rings (SSSR count). The number of aromatic nitrogens is 2. The van der Waals surface area contributed by atoms with E-state index in [1.54, 1.807) is 18.1 Å². The molecule has 1 amide bonds. The van der Waals surface area contributed by atoms with Crippen molar-refractivity contribution in [1.82, 2.24) is 15.3 Å². The molecule has 0 aliphatic rings. The number of rotatable bonds is 5. The average Bonchev–Trinajstić information content (AvgIpc) is 2.29. The number of likely N-dealkylation sites (N-methyl/N-ethyl adjacent to an activating group) is 2. The zero-order valence-electron chi connectivity index (χ0n) is 10.3. The maximum Gasteiger partial charge on any atom is 0.239 e. The molecule has 1 heterocycles. The van der Waals surface area contributed by atoms with Gasteiger partial charge in [0.1, 0.15) is 5.82 Å². The fourth-order valence-electron chi connectivity index (χ4n) is 1.43. The number of aryl methyl sites for hydroxylation is 1. The van der Waals surface area contributed by atoms with Crippen LogP contribution in [0.4, 0.5) is 11.8 Å². The van der Waals surface area contributed by atoms with Crippen LogP contribution < -0.4 is 21.5 Å². The molecule has 7 nitrogen and oxygen atoms in total. The lowest BCUT2D eigenvalue weighted by Gasteiger charge is -2.19. The summed E-state index contributed by atoms with van der Waals surface area (Å²) in [6, 6.07) is 0. The average molecular weight is 238 g/mol. The molecular weight excluding hydrogens is 220 g/mol. The molecule has 0 unspecified atom stereocenters. The van der Waals surface area contributed by atoms with E-state index in [4.69, 9.17) is 5.84 Å². The fraction of sp³-hybridized carbons (Fsp3) is 0.500. The Morgan fingerprint density at radius 3 is 2.88 bits per heavy atom. The van der Waals surface area contributed by atoms with Gasteiger partial charge in [-0.25, -0.2) is 10.8 Å². The molecule has 0 fully saturated rings. The number of hydrogen-bond acceptors (Lipinski definition) is 6. The van der Waals surface area contributed by atoms with Gasteiger partial charge in [-0.3, -0.25) is 10.2 Å². The first-order valence-corrected chi connectivity index (χ1v) is 5.36. The van der Waals surface area contributed by atoms with Crippen LogP contribution in [-0.2, 0) is 4.79 Å². The summed E-state index contributed by atoms with van der Waals surface area (Å²) in [5, 5.41) is 2.73. The van der Waals surface area contributed by atoms with Gasteiger partial charge >= 0.3 is 0 Å². The van der Waals surface area contributed by atoms with Gasteiger partial charge in [-0.1, -0.05) is 0 Å². The third-order valence-corrected chi connectivity index (χ3v) is 2.19. The molecule has 7 heteroatoms. The van der Waals surface area contributed by atoms with Crippen LogP contribution >= 0.6 is 0 Å². The first-order chi connectivity index (χ1) is 8.08. The molecule has 1 aromatic heterocycles. The number of nitrogens with one attached hydrogen (secondary N) is 2. The lowest BCUT2D eigenvalue weighted by Crippen LogP contribution is -2.35. The summed E-state index contributed by atoms with van der Waals surface area (Å²) in [6.07, 6.45) is 1.66. The highest BCUT2D eigenvalue weighted by Crippen LogP contribution is 2.15. The van der Waals surface area contributed by atoms with Crippen LogP contribution in [0.2, 0.25) is 0 Å². The van der Waals surface area contributed by atoms with Crippen LogP contribution in [-0.4, -0.2) is 36.0 Å². The topological polar surface area (TPSA) is 96.2 Å². The normalized spacial score (nSPS) is 9.88. The van der Waals surface area contributed by atoms with Gasteiger partial charge in [0.25, 0.3) is 0 Å². The Bertz CT molecular complexity index is 394. The largest absolute Gasteiger partial charge is 0.355 e. The van der Waals surface area contributed by atoms with E-state index < -0.39 is 0 Å². The van der Waals surface area contributed by atoms with Crippen molar-refractivity contribution in [3.8, 4) is 0 Å². The standard InChI is InChI=1S/C10H18N6O/c1-4-12-8(17)6-16(3)9-7(2)5-13-10(14-9)15-11/h5H,4,6,11H2,1-3H3,(H,12,17)(H,13,14,15). The van der Waals surface area contributed by atoms with E-state index in [1.807, 2.05) is 13.8 Å². The Labute approximate surface area is 100 Å². The molecule has 0 saturated heterocycles. The number of nitrogen functional groups attached to an aromatic ring is 1. The predicted molar refractivity (Wildman–Crippen MR) is 66.5 cm³/mol. The SMILES string of the molecule is CCNC(=O)CN(C)c1nc(NN)ncc1C. The number of nitrogens with zero attached hydrogens (tertiary/aromatic N) is 3. The number of carbonyl (C=O) groups excluding carboxylic acids is 1. The minimum atomic E-state index is -0.0460. The highest BCUT2D eigenvalue weighted by Gasteiger charge is 2.11. The number of amides is 1. The van der Waals surface area contributed by atoms with E-state index in [1.165, 1.54) is 0 Å². The molecule has 17 heavy (non-hydrogen) atoms. The maximum atomic E-state index is 11.5.